The van der Waals surface area contributed by atoms with Crippen LogP contribution in [0.25, 0.3) is 72.4 Å². The van der Waals surface area contributed by atoms with Gasteiger partial charge < -0.3 is 8.97 Å². The number of hydrogen-bond donors (Lipinski definition) is 0. The number of allylic oxidation sites excluding steroid dienone is 4. The molecule has 0 fully saturated rings. The molecule has 0 saturated carbocycles. The van der Waals surface area contributed by atoms with Crippen LogP contribution in [0.3, 0.4) is 0 Å². The summed E-state index contributed by atoms with van der Waals surface area (Å²) in [7, 11) is 0. The zero-order chi connectivity index (χ0) is 27.4. The number of hydrogen-bond acceptors (Lipinski definition) is 0. The number of aromatic nitrogens is 2. The van der Waals surface area contributed by atoms with E-state index in [1.165, 1.54) is 54.2 Å². The molecule has 3 aromatic heterocycles. The lowest BCUT2D eigenvalue weighted by Crippen LogP contribution is -2.28. The van der Waals surface area contributed by atoms with Crippen molar-refractivity contribution in [2.24, 2.45) is 0 Å². The van der Waals surface area contributed by atoms with E-state index in [0.717, 1.165) is 22.2 Å². The Morgan fingerprint density at radius 2 is 1.40 bits per heavy atom. The first-order valence-corrected chi connectivity index (χ1v) is 13.8. The zero-order valence-corrected chi connectivity index (χ0v) is 22.9. The molecule has 2 heteroatoms. The summed E-state index contributed by atoms with van der Waals surface area (Å²) in [5.41, 5.74) is 8.22. The highest BCUT2D eigenvalue weighted by Crippen LogP contribution is 2.36. The van der Waals surface area contributed by atoms with Crippen LogP contribution in [0.2, 0.25) is 0 Å². The molecule has 0 atom stereocenters. The lowest BCUT2D eigenvalue weighted by atomic mass is 10.0. The predicted molar refractivity (Wildman–Crippen MR) is 175 cm³/mol. The average molecular weight is 515 g/mol. The molecule has 7 rings (SSSR count). The molecule has 0 amide bonds. The number of fused-ring (bicyclic) bond motifs is 10. The summed E-state index contributed by atoms with van der Waals surface area (Å²) in [6.45, 7) is 12.3. The Morgan fingerprint density at radius 1 is 0.675 bits per heavy atom. The molecule has 40 heavy (non-hydrogen) atoms. The van der Waals surface area contributed by atoms with E-state index in [-0.39, 0.29) is 0 Å². The summed E-state index contributed by atoms with van der Waals surface area (Å²) >= 11 is 0. The van der Waals surface area contributed by atoms with E-state index in [1.54, 1.807) is 0 Å². The van der Waals surface area contributed by atoms with Gasteiger partial charge in [0.2, 0.25) is 0 Å². The number of benzene rings is 4. The molecule has 0 saturated heterocycles. The fourth-order valence-corrected chi connectivity index (χ4v) is 6.47. The predicted octanol–water partition coefficient (Wildman–Crippen LogP) is 8.70. The second-order valence-corrected chi connectivity index (χ2v) is 10.1. The molecule has 0 aliphatic heterocycles. The molecule has 0 aliphatic carbocycles. The highest BCUT2D eigenvalue weighted by molar-refractivity contribution is 6.18. The van der Waals surface area contributed by atoms with Crippen LogP contribution in [0, 0.1) is 0 Å². The molecule has 0 unspecified atom stereocenters. The van der Waals surface area contributed by atoms with Crippen molar-refractivity contribution in [3.05, 3.63) is 139 Å². The van der Waals surface area contributed by atoms with Crippen molar-refractivity contribution in [1.29, 1.82) is 0 Å². The molecule has 3 heterocycles. The van der Waals surface area contributed by atoms with E-state index in [1.807, 2.05) is 12.2 Å². The fraction of sp³-hybridized carbons (Fsp3) is 0.0526. The first-order chi connectivity index (χ1) is 19.7. The van der Waals surface area contributed by atoms with Crippen molar-refractivity contribution in [2.45, 2.75) is 13.8 Å². The van der Waals surface area contributed by atoms with Gasteiger partial charge in [-0.15, -0.1) is 0 Å². The maximum atomic E-state index is 4.06. The Hall–Kier alpha value is -5.08. The van der Waals surface area contributed by atoms with Gasteiger partial charge in [0.25, 0.3) is 0 Å². The smallest absolute Gasteiger partial charge is 0.0635 e. The highest BCUT2D eigenvalue weighted by Gasteiger charge is 2.18. The van der Waals surface area contributed by atoms with Crippen molar-refractivity contribution < 1.29 is 0 Å². The Kier molecular flexibility index (Phi) is 5.57. The van der Waals surface area contributed by atoms with E-state index in [9.17, 15) is 0 Å². The van der Waals surface area contributed by atoms with E-state index in [4.69, 9.17) is 0 Å². The summed E-state index contributed by atoms with van der Waals surface area (Å²) < 4.78 is 4.83. The minimum Gasteiger partial charge on any atom is -0.309 e. The van der Waals surface area contributed by atoms with Gasteiger partial charge in [-0.25, -0.2) is 0 Å². The van der Waals surface area contributed by atoms with Gasteiger partial charge in [-0.3, -0.25) is 0 Å². The second-order valence-electron chi connectivity index (χ2n) is 10.1. The van der Waals surface area contributed by atoms with Crippen LogP contribution in [0.5, 0.6) is 0 Å². The van der Waals surface area contributed by atoms with Crippen LogP contribution >= 0.6 is 0 Å². The van der Waals surface area contributed by atoms with Gasteiger partial charge in [0, 0.05) is 32.5 Å². The maximum absolute atomic E-state index is 4.06. The van der Waals surface area contributed by atoms with Gasteiger partial charge in [0.05, 0.1) is 27.4 Å². The van der Waals surface area contributed by atoms with Crippen molar-refractivity contribution >= 4 is 66.7 Å². The quantitative estimate of drug-likeness (QED) is 0.164. The van der Waals surface area contributed by atoms with Gasteiger partial charge in [-0.2, -0.15) is 0 Å². The molecule has 0 radical (unpaired) electrons. The number of pyridine rings is 1. The molecule has 192 valence electrons. The van der Waals surface area contributed by atoms with E-state index in [2.05, 4.69) is 145 Å². The van der Waals surface area contributed by atoms with Crippen LogP contribution in [-0.2, 0) is 0 Å². The summed E-state index contributed by atoms with van der Waals surface area (Å²) in [5, 5.41) is 8.59. The molecule has 0 bridgehead atoms. The molecule has 7 aromatic rings. The summed E-state index contributed by atoms with van der Waals surface area (Å²) in [6.07, 6.45) is 10.3. The molecule has 2 nitrogen and oxygen atoms in total. The largest absolute Gasteiger partial charge is 0.309 e. The fourth-order valence-electron chi connectivity index (χ4n) is 6.47. The Labute approximate surface area is 233 Å². The van der Waals surface area contributed by atoms with Crippen molar-refractivity contribution in [2.75, 3.05) is 0 Å². The van der Waals surface area contributed by atoms with Crippen molar-refractivity contribution in [3.63, 3.8) is 0 Å². The zero-order valence-electron chi connectivity index (χ0n) is 22.9. The third kappa shape index (κ3) is 3.29. The second kappa shape index (κ2) is 9.29. The minimum atomic E-state index is 1.11. The maximum Gasteiger partial charge on any atom is 0.0635 e. The van der Waals surface area contributed by atoms with Gasteiger partial charge in [-0.05, 0) is 66.8 Å². The third-order valence-corrected chi connectivity index (χ3v) is 8.16. The van der Waals surface area contributed by atoms with Gasteiger partial charge in [-0.1, -0.05) is 98.1 Å². The third-order valence-electron chi connectivity index (χ3n) is 8.16. The number of nitrogens with zero attached hydrogens (tertiary/aromatic N) is 2. The SMILES string of the molecule is C=C/C=c1\c(=C/C)c2ccc3c(cc4c5ccccc5c5ccccc5n43)c2n1-c1cccc(/C(C=C)=C/C)c1. The lowest BCUT2D eigenvalue weighted by molar-refractivity contribution is 1.07. The molecule has 4 aromatic carbocycles. The first-order valence-electron chi connectivity index (χ1n) is 13.8. The van der Waals surface area contributed by atoms with Crippen LogP contribution in [0.1, 0.15) is 19.4 Å². The Bertz CT molecular complexity index is 2320. The van der Waals surface area contributed by atoms with Crippen molar-refractivity contribution in [1.82, 2.24) is 8.97 Å². The van der Waals surface area contributed by atoms with Gasteiger partial charge in [0.1, 0.15) is 0 Å². The standard InChI is InChI=1S/C38H30N2/c1-5-14-34-28(8-4)32-21-22-36-33(38(32)39(34)27-16-13-15-26(23-27)25(6-2)7-3)24-37-31-19-10-9-17-29(31)30-18-11-12-20-35(30)40(36)37/h5-24H,1-2H2,3-4H3/b25-7+,28-8-,34-14+. The summed E-state index contributed by atoms with van der Waals surface area (Å²) in [6, 6.07) is 33.2. The molecule has 0 N–H and O–H groups in total. The number of para-hydroxylation sites is 1. The van der Waals surface area contributed by atoms with E-state index >= 15 is 0 Å². The monoisotopic (exact) mass is 514 g/mol. The minimum absolute atomic E-state index is 1.11. The number of rotatable bonds is 4. The highest BCUT2D eigenvalue weighted by atomic mass is 15.0. The molecular weight excluding hydrogens is 484 g/mol. The van der Waals surface area contributed by atoms with Crippen LogP contribution in [-0.4, -0.2) is 8.97 Å². The van der Waals surface area contributed by atoms with E-state index < -0.39 is 0 Å². The van der Waals surface area contributed by atoms with Gasteiger partial charge >= 0.3 is 0 Å². The summed E-state index contributed by atoms with van der Waals surface area (Å²) in [5.74, 6) is 0. The van der Waals surface area contributed by atoms with Crippen LogP contribution in [0.15, 0.2) is 122 Å². The molecule has 0 spiro atoms. The van der Waals surface area contributed by atoms with Crippen LogP contribution < -0.4 is 10.6 Å². The normalized spacial score (nSPS) is 13.4. The topological polar surface area (TPSA) is 9.34 Å². The molecule has 0 aliphatic rings. The Balaban J connectivity index is 1.74. The van der Waals surface area contributed by atoms with E-state index in [0.29, 0.717) is 0 Å². The summed E-state index contributed by atoms with van der Waals surface area (Å²) in [4.78, 5) is 0. The van der Waals surface area contributed by atoms with Gasteiger partial charge in [0.15, 0.2) is 0 Å². The Morgan fingerprint density at radius 3 is 2.12 bits per heavy atom. The van der Waals surface area contributed by atoms with Crippen molar-refractivity contribution in [3.8, 4) is 5.69 Å². The average Bonchev–Trinajstić information content (AvgIpc) is 3.54. The lowest BCUT2D eigenvalue weighted by Gasteiger charge is -2.11. The molecular formula is C38H30N2. The van der Waals surface area contributed by atoms with Crippen LogP contribution in [0.4, 0.5) is 0 Å². The first kappa shape index (κ1) is 24.0.